The van der Waals surface area contributed by atoms with Gasteiger partial charge >= 0.3 is 0 Å². The first-order valence-corrected chi connectivity index (χ1v) is 6.76. The second kappa shape index (κ2) is 6.55. The molecule has 0 fully saturated rings. The lowest BCUT2D eigenvalue weighted by molar-refractivity contribution is 0.0852. The van der Waals surface area contributed by atoms with Crippen LogP contribution in [0.4, 0.5) is 0 Å². The molecular formula is C16H16ClNO2. The molecule has 1 amide bonds. The standard InChI is InChI=1S/C16H16ClNO2/c1-11(15(19)12-7-3-2-4-8-12)18-16(20)13-9-5-6-10-14(13)17/h2-11,15,19H,1H3,(H,18,20)/t11-,15+/m0/s1. The summed E-state index contributed by atoms with van der Waals surface area (Å²) < 4.78 is 0. The van der Waals surface area contributed by atoms with E-state index in [2.05, 4.69) is 5.32 Å². The Labute approximate surface area is 123 Å². The minimum atomic E-state index is -0.761. The molecule has 2 aromatic carbocycles. The van der Waals surface area contributed by atoms with E-state index in [0.717, 1.165) is 5.56 Å². The van der Waals surface area contributed by atoms with Crippen LogP contribution in [-0.2, 0) is 0 Å². The Morgan fingerprint density at radius 2 is 1.70 bits per heavy atom. The number of amides is 1. The van der Waals surface area contributed by atoms with Crippen molar-refractivity contribution in [1.82, 2.24) is 5.32 Å². The summed E-state index contributed by atoms with van der Waals surface area (Å²) in [5.74, 6) is -0.293. The van der Waals surface area contributed by atoms with Gasteiger partial charge in [0, 0.05) is 0 Å². The Balaban J connectivity index is 2.07. The van der Waals surface area contributed by atoms with Gasteiger partial charge in [-0.1, -0.05) is 54.1 Å². The summed E-state index contributed by atoms with van der Waals surface area (Å²) in [6.07, 6.45) is -0.761. The van der Waals surface area contributed by atoms with Crippen LogP contribution < -0.4 is 5.32 Å². The molecule has 104 valence electrons. The number of nitrogens with one attached hydrogen (secondary N) is 1. The number of hydrogen-bond donors (Lipinski definition) is 2. The van der Waals surface area contributed by atoms with Crippen LogP contribution in [-0.4, -0.2) is 17.1 Å². The molecule has 0 aromatic heterocycles. The van der Waals surface area contributed by atoms with E-state index in [1.54, 1.807) is 31.2 Å². The molecule has 0 heterocycles. The van der Waals surface area contributed by atoms with Gasteiger partial charge in [0.1, 0.15) is 0 Å². The molecule has 2 N–H and O–H groups in total. The summed E-state index contributed by atoms with van der Waals surface area (Å²) >= 11 is 5.98. The van der Waals surface area contributed by atoms with Crippen molar-refractivity contribution < 1.29 is 9.90 Å². The van der Waals surface area contributed by atoms with Crippen molar-refractivity contribution in [2.24, 2.45) is 0 Å². The van der Waals surface area contributed by atoms with Gasteiger partial charge in [-0.25, -0.2) is 0 Å². The van der Waals surface area contributed by atoms with Crippen LogP contribution in [0.25, 0.3) is 0 Å². The minimum Gasteiger partial charge on any atom is -0.386 e. The number of hydrogen-bond acceptors (Lipinski definition) is 2. The maximum Gasteiger partial charge on any atom is 0.253 e. The molecule has 2 atom stereocenters. The van der Waals surface area contributed by atoms with Gasteiger partial charge in [-0.05, 0) is 24.6 Å². The van der Waals surface area contributed by atoms with Crippen LogP contribution in [0, 0.1) is 0 Å². The van der Waals surface area contributed by atoms with Crippen LogP contribution in [0.1, 0.15) is 28.9 Å². The molecule has 0 bridgehead atoms. The summed E-state index contributed by atoms with van der Waals surface area (Å²) in [7, 11) is 0. The first-order chi connectivity index (χ1) is 9.59. The first kappa shape index (κ1) is 14.6. The van der Waals surface area contributed by atoms with Crippen molar-refractivity contribution in [2.45, 2.75) is 19.1 Å². The van der Waals surface area contributed by atoms with E-state index in [1.807, 2.05) is 30.3 Å². The van der Waals surface area contributed by atoms with Crippen LogP contribution in [0.5, 0.6) is 0 Å². The predicted octanol–water partition coefficient (Wildman–Crippen LogP) is 3.19. The molecule has 2 rings (SSSR count). The molecule has 0 aliphatic carbocycles. The van der Waals surface area contributed by atoms with Gasteiger partial charge in [0.15, 0.2) is 0 Å². The summed E-state index contributed by atoms with van der Waals surface area (Å²) in [5.41, 5.74) is 1.17. The number of rotatable bonds is 4. The van der Waals surface area contributed by atoms with Crippen molar-refractivity contribution in [3.05, 3.63) is 70.7 Å². The van der Waals surface area contributed by atoms with E-state index in [4.69, 9.17) is 11.6 Å². The second-order valence-electron chi connectivity index (χ2n) is 4.60. The smallest absolute Gasteiger partial charge is 0.253 e. The Bertz CT molecular complexity index is 586. The molecule has 0 unspecified atom stereocenters. The van der Waals surface area contributed by atoms with Crippen molar-refractivity contribution in [3.8, 4) is 0 Å². The number of carbonyl (C=O) groups excluding carboxylic acids is 1. The fraction of sp³-hybridized carbons (Fsp3) is 0.188. The number of benzene rings is 2. The summed E-state index contributed by atoms with van der Waals surface area (Å²) in [5, 5.41) is 13.4. The maximum atomic E-state index is 12.1. The van der Waals surface area contributed by atoms with Crippen LogP contribution >= 0.6 is 11.6 Å². The molecule has 0 spiro atoms. The second-order valence-corrected chi connectivity index (χ2v) is 5.00. The highest BCUT2D eigenvalue weighted by Crippen LogP contribution is 2.18. The Kier molecular flexibility index (Phi) is 4.77. The summed E-state index contributed by atoms with van der Waals surface area (Å²) in [4.78, 5) is 12.1. The molecular weight excluding hydrogens is 274 g/mol. The molecule has 0 radical (unpaired) electrons. The van der Waals surface area contributed by atoms with Crippen LogP contribution in [0.2, 0.25) is 5.02 Å². The maximum absolute atomic E-state index is 12.1. The lowest BCUT2D eigenvalue weighted by Gasteiger charge is -2.20. The average molecular weight is 290 g/mol. The van der Waals surface area contributed by atoms with E-state index in [0.29, 0.717) is 10.6 Å². The van der Waals surface area contributed by atoms with Gasteiger partial charge in [0.2, 0.25) is 0 Å². The number of aliphatic hydroxyl groups excluding tert-OH is 1. The van der Waals surface area contributed by atoms with Gasteiger partial charge in [0.05, 0.1) is 22.7 Å². The lowest BCUT2D eigenvalue weighted by Crippen LogP contribution is -2.37. The zero-order chi connectivity index (χ0) is 14.5. The zero-order valence-corrected chi connectivity index (χ0v) is 11.8. The van der Waals surface area contributed by atoms with Gasteiger partial charge < -0.3 is 10.4 Å². The highest BCUT2D eigenvalue weighted by Gasteiger charge is 2.19. The molecule has 0 saturated carbocycles. The van der Waals surface area contributed by atoms with E-state index < -0.39 is 12.1 Å². The van der Waals surface area contributed by atoms with E-state index in [-0.39, 0.29) is 5.91 Å². The third-order valence-electron chi connectivity index (χ3n) is 3.09. The molecule has 0 saturated heterocycles. The molecule has 0 aliphatic heterocycles. The van der Waals surface area contributed by atoms with Crippen molar-refractivity contribution in [3.63, 3.8) is 0 Å². The Hall–Kier alpha value is -1.84. The van der Waals surface area contributed by atoms with Crippen molar-refractivity contribution in [2.75, 3.05) is 0 Å². The molecule has 2 aromatic rings. The summed E-state index contributed by atoms with van der Waals surface area (Å²) in [6.45, 7) is 1.76. The topological polar surface area (TPSA) is 49.3 Å². The number of aliphatic hydroxyl groups is 1. The SMILES string of the molecule is C[C@H](NC(=O)c1ccccc1Cl)[C@@H](O)c1ccccc1. The first-order valence-electron chi connectivity index (χ1n) is 6.38. The Morgan fingerprint density at radius 3 is 2.35 bits per heavy atom. The molecule has 4 heteroatoms. The normalized spacial score (nSPS) is 13.6. The predicted molar refractivity (Wildman–Crippen MR) is 79.8 cm³/mol. The summed E-state index contributed by atoms with van der Waals surface area (Å²) in [6, 6.07) is 15.6. The van der Waals surface area contributed by atoms with E-state index in [9.17, 15) is 9.90 Å². The monoisotopic (exact) mass is 289 g/mol. The number of halogens is 1. The van der Waals surface area contributed by atoms with Crippen molar-refractivity contribution in [1.29, 1.82) is 0 Å². The molecule has 3 nitrogen and oxygen atoms in total. The fourth-order valence-electron chi connectivity index (χ4n) is 1.95. The highest BCUT2D eigenvalue weighted by molar-refractivity contribution is 6.33. The van der Waals surface area contributed by atoms with Gasteiger partial charge in [-0.15, -0.1) is 0 Å². The van der Waals surface area contributed by atoms with Gasteiger partial charge in [0.25, 0.3) is 5.91 Å². The molecule has 0 aliphatic rings. The Morgan fingerprint density at radius 1 is 1.10 bits per heavy atom. The third kappa shape index (κ3) is 3.38. The average Bonchev–Trinajstić information content (AvgIpc) is 2.47. The van der Waals surface area contributed by atoms with Crippen molar-refractivity contribution >= 4 is 17.5 Å². The fourth-order valence-corrected chi connectivity index (χ4v) is 2.17. The highest BCUT2D eigenvalue weighted by atomic mass is 35.5. The zero-order valence-electron chi connectivity index (χ0n) is 11.1. The van der Waals surface area contributed by atoms with Crippen LogP contribution in [0.15, 0.2) is 54.6 Å². The third-order valence-corrected chi connectivity index (χ3v) is 3.42. The van der Waals surface area contributed by atoms with Gasteiger partial charge in [-0.3, -0.25) is 4.79 Å². The quantitative estimate of drug-likeness (QED) is 0.908. The lowest BCUT2D eigenvalue weighted by atomic mass is 10.0. The molecule has 20 heavy (non-hydrogen) atoms. The van der Waals surface area contributed by atoms with Gasteiger partial charge in [-0.2, -0.15) is 0 Å². The van der Waals surface area contributed by atoms with Crippen LogP contribution in [0.3, 0.4) is 0 Å². The van der Waals surface area contributed by atoms with E-state index >= 15 is 0 Å². The van der Waals surface area contributed by atoms with E-state index in [1.165, 1.54) is 0 Å². The minimum absolute atomic E-state index is 0.293. The number of carbonyl (C=O) groups is 1. The largest absolute Gasteiger partial charge is 0.386 e.